The second-order valence-corrected chi connectivity index (χ2v) is 12.4. The normalized spacial score (nSPS) is 29.8. The summed E-state index contributed by atoms with van der Waals surface area (Å²) in [7, 11) is 0. The van der Waals surface area contributed by atoms with Gasteiger partial charge in [-0.25, -0.2) is 4.68 Å². The van der Waals surface area contributed by atoms with Crippen LogP contribution in [0.4, 0.5) is 0 Å². The number of nitrogens with zero attached hydrogens (tertiary/aromatic N) is 5. The Morgan fingerprint density at radius 3 is 2.32 bits per heavy atom. The molecule has 4 aliphatic carbocycles. The van der Waals surface area contributed by atoms with Gasteiger partial charge in [-0.15, -0.1) is 0 Å². The van der Waals surface area contributed by atoms with Gasteiger partial charge in [0.1, 0.15) is 0 Å². The quantitative estimate of drug-likeness (QED) is 0.281. The van der Waals surface area contributed by atoms with E-state index in [0.29, 0.717) is 18.0 Å². The van der Waals surface area contributed by atoms with Gasteiger partial charge in [0.15, 0.2) is 5.82 Å². The van der Waals surface area contributed by atoms with Gasteiger partial charge >= 0.3 is 5.97 Å². The first-order valence-electron chi connectivity index (χ1n) is 14.1. The van der Waals surface area contributed by atoms with Gasteiger partial charge in [-0.3, -0.25) is 9.69 Å². The molecule has 0 atom stereocenters. The molecule has 2 aromatic rings. The molecule has 37 heavy (non-hydrogen) atoms. The van der Waals surface area contributed by atoms with Gasteiger partial charge in [0.25, 0.3) is 0 Å². The van der Waals surface area contributed by atoms with Crippen LogP contribution in [0.25, 0.3) is 0 Å². The van der Waals surface area contributed by atoms with E-state index in [4.69, 9.17) is 27.2 Å². The van der Waals surface area contributed by atoms with E-state index in [-0.39, 0.29) is 17.3 Å². The first-order valence-corrected chi connectivity index (χ1v) is 14.5. The number of carbonyl (C=O) groups is 1. The van der Waals surface area contributed by atoms with Crippen molar-refractivity contribution in [3.05, 3.63) is 46.0 Å². The summed E-state index contributed by atoms with van der Waals surface area (Å²) in [6.07, 6.45) is 11.4. The van der Waals surface area contributed by atoms with Crippen LogP contribution in [-0.4, -0.2) is 51.2 Å². The van der Waals surface area contributed by atoms with Gasteiger partial charge < -0.3 is 4.74 Å². The van der Waals surface area contributed by atoms with Gasteiger partial charge in [-0.2, -0.15) is 14.9 Å². The summed E-state index contributed by atoms with van der Waals surface area (Å²) in [5, 5.41) is 10.2. The molecule has 5 aliphatic rings. The molecule has 7 nitrogen and oxygen atoms in total. The van der Waals surface area contributed by atoms with Crippen molar-refractivity contribution in [2.75, 3.05) is 19.7 Å². The largest absolute Gasteiger partial charge is 0.466 e. The maximum absolute atomic E-state index is 12.2. The molecule has 1 aromatic heterocycles. The van der Waals surface area contributed by atoms with E-state index in [9.17, 15) is 4.79 Å². The molecule has 0 N–H and O–H groups in total. The van der Waals surface area contributed by atoms with Gasteiger partial charge in [-0.1, -0.05) is 29.8 Å². The van der Waals surface area contributed by atoms with Crippen LogP contribution in [0.15, 0.2) is 29.4 Å². The Balaban J connectivity index is 1.28. The lowest BCUT2D eigenvalue weighted by molar-refractivity contribution is -0.149. The zero-order chi connectivity index (χ0) is 25.6. The van der Waals surface area contributed by atoms with Gasteiger partial charge in [0.05, 0.1) is 25.4 Å². The van der Waals surface area contributed by atoms with Crippen molar-refractivity contribution in [3.8, 4) is 0 Å². The van der Waals surface area contributed by atoms with Crippen molar-refractivity contribution >= 4 is 24.4 Å². The first kappa shape index (κ1) is 25.0. The smallest absolute Gasteiger partial charge is 0.309 e. The number of aromatic nitrogens is 3. The standard InChI is InChI=1S/C29H39N5O2S/c1-3-36-26(35)25-8-10-32(11-9-25)19-33-28(37)34(30-18-21-6-4-20(2)5-7-21)27(31-33)29-15-22-12-23(16-29)14-24(13-22)17-29/h4-7,18,22-25H,3,8-17,19H2,1-2H3/b30-18+. The predicted octanol–water partition coefficient (Wildman–Crippen LogP) is 5.31. The van der Waals surface area contributed by atoms with Gasteiger partial charge in [0, 0.05) is 18.5 Å². The predicted molar refractivity (Wildman–Crippen MR) is 146 cm³/mol. The SMILES string of the molecule is CCOC(=O)C1CCN(Cn2nc(C34CC5CC(CC(C5)C3)C4)n(/N=C/c3ccc(C)cc3)c2=S)CC1. The highest BCUT2D eigenvalue weighted by Gasteiger charge is 2.54. The van der Waals surface area contributed by atoms with Gasteiger partial charge in [-0.05, 0) is 101 Å². The summed E-state index contributed by atoms with van der Waals surface area (Å²) in [4.78, 5) is 14.5. The summed E-state index contributed by atoms with van der Waals surface area (Å²) >= 11 is 6.02. The molecule has 0 amide bonds. The third-order valence-corrected chi connectivity index (χ3v) is 9.66. The minimum absolute atomic E-state index is 0.00317. The van der Waals surface area contributed by atoms with E-state index in [1.165, 1.54) is 44.1 Å². The highest BCUT2D eigenvalue weighted by molar-refractivity contribution is 7.71. The molecule has 0 spiro atoms. The fourth-order valence-corrected chi connectivity index (χ4v) is 8.08. The van der Waals surface area contributed by atoms with E-state index < -0.39 is 0 Å². The average Bonchev–Trinajstić information content (AvgIpc) is 3.19. The number of ether oxygens (including phenoxy) is 1. The maximum atomic E-state index is 12.2. The third kappa shape index (κ3) is 4.94. The molecule has 1 saturated heterocycles. The van der Waals surface area contributed by atoms with Crippen LogP contribution in [-0.2, 0) is 21.6 Å². The summed E-state index contributed by atoms with van der Waals surface area (Å²) in [6.45, 7) is 6.74. The number of carbonyl (C=O) groups excluding carboxylic acids is 1. The monoisotopic (exact) mass is 521 g/mol. The van der Waals surface area contributed by atoms with Crippen molar-refractivity contribution in [1.29, 1.82) is 0 Å². The molecule has 7 rings (SSSR count). The molecule has 1 aliphatic heterocycles. The van der Waals surface area contributed by atoms with Crippen molar-refractivity contribution in [3.63, 3.8) is 0 Å². The van der Waals surface area contributed by atoms with Gasteiger partial charge in [0.2, 0.25) is 4.77 Å². The summed E-state index contributed by atoms with van der Waals surface area (Å²) in [6, 6.07) is 8.43. The Morgan fingerprint density at radius 1 is 1.11 bits per heavy atom. The number of hydrogen-bond donors (Lipinski definition) is 0. The zero-order valence-corrected chi connectivity index (χ0v) is 23.0. The molecule has 0 unspecified atom stereocenters. The molecular weight excluding hydrogens is 482 g/mol. The lowest BCUT2D eigenvalue weighted by atomic mass is 9.49. The maximum Gasteiger partial charge on any atom is 0.309 e. The number of piperidine rings is 1. The molecule has 8 heteroatoms. The van der Waals surface area contributed by atoms with Crippen molar-refractivity contribution in [2.45, 2.75) is 77.3 Å². The number of rotatable bonds is 7. The fourth-order valence-electron chi connectivity index (χ4n) is 7.85. The fraction of sp³-hybridized carbons (Fsp3) is 0.655. The Morgan fingerprint density at radius 2 is 1.73 bits per heavy atom. The summed E-state index contributed by atoms with van der Waals surface area (Å²) in [5.41, 5.74) is 2.40. The number of esters is 1. The third-order valence-electron chi connectivity index (χ3n) is 9.27. The molecule has 2 heterocycles. The van der Waals surface area contributed by atoms with Crippen LogP contribution >= 0.6 is 12.2 Å². The molecule has 198 valence electrons. The molecule has 1 aromatic carbocycles. The highest BCUT2D eigenvalue weighted by Crippen LogP contribution is 2.60. The Kier molecular flexibility index (Phi) is 6.82. The van der Waals surface area contributed by atoms with E-state index in [1.807, 2.05) is 22.5 Å². The van der Waals surface area contributed by atoms with Crippen LogP contribution in [0.3, 0.4) is 0 Å². The second kappa shape index (κ2) is 10.1. The summed E-state index contributed by atoms with van der Waals surface area (Å²) < 4.78 is 9.88. The van der Waals surface area contributed by atoms with E-state index in [1.54, 1.807) is 0 Å². The highest BCUT2D eigenvalue weighted by atomic mass is 32.1. The van der Waals surface area contributed by atoms with Crippen LogP contribution in [0.2, 0.25) is 0 Å². The topological polar surface area (TPSA) is 64.7 Å². The Labute approximate surface area is 224 Å². The van der Waals surface area contributed by atoms with Crippen molar-refractivity contribution in [2.24, 2.45) is 28.8 Å². The molecule has 4 bridgehead atoms. The Hall–Kier alpha value is -2.32. The number of likely N-dealkylation sites (tertiary alicyclic amines) is 1. The lowest BCUT2D eigenvalue weighted by Crippen LogP contribution is -2.49. The van der Waals surface area contributed by atoms with E-state index >= 15 is 0 Å². The average molecular weight is 522 g/mol. The van der Waals surface area contributed by atoms with Crippen molar-refractivity contribution in [1.82, 2.24) is 19.4 Å². The molecule has 0 radical (unpaired) electrons. The molecule has 4 saturated carbocycles. The zero-order valence-electron chi connectivity index (χ0n) is 22.1. The van der Waals surface area contributed by atoms with Crippen LogP contribution < -0.4 is 0 Å². The summed E-state index contributed by atoms with van der Waals surface area (Å²) in [5.74, 6) is 3.48. The minimum atomic E-state index is -0.0578. The van der Waals surface area contributed by atoms with Crippen LogP contribution in [0, 0.1) is 35.4 Å². The van der Waals surface area contributed by atoms with E-state index in [0.717, 1.165) is 55.1 Å². The molecule has 5 fully saturated rings. The minimum Gasteiger partial charge on any atom is -0.466 e. The van der Waals surface area contributed by atoms with E-state index in [2.05, 4.69) is 36.1 Å². The number of hydrogen-bond acceptors (Lipinski definition) is 6. The van der Waals surface area contributed by atoms with Crippen LogP contribution in [0.5, 0.6) is 0 Å². The molecular formula is C29H39N5O2S. The Bertz CT molecular complexity index is 1190. The van der Waals surface area contributed by atoms with Crippen LogP contribution in [0.1, 0.15) is 75.2 Å². The van der Waals surface area contributed by atoms with Crippen molar-refractivity contribution < 1.29 is 9.53 Å². The first-order chi connectivity index (χ1) is 17.9. The second-order valence-electron chi connectivity index (χ2n) is 12.1. The number of benzene rings is 1. The number of aryl methyl sites for hydroxylation is 1. The lowest BCUT2D eigenvalue weighted by Gasteiger charge is -2.55.